The normalized spacial score (nSPS) is 11.4. The maximum Gasteiger partial charge on any atom is 0.220 e. The van der Waals surface area contributed by atoms with Gasteiger partial charge in [-0.05, 0) is 56.4 Å². The fourth-order valence-electron chi connectivity index (χ4n) is 4.28. The van der Waals surface area contributed by atoms with Crippen LogP contribution in [-0.2, 0) is 13.5 Å². The van der Waals surface area contributed by atoms with Gasteiger partial charge in [0.2, 0.25) is 5.69 Å². The number of benzene rings is 2. The van der Waals surface area contributed by atoms with E-state index in [1.807, 2.05) is 12.4 Å². The van der Waals surface area contributed by atoms with Crippen molar-refractivity contribution in [3.63, 3.8) is 0 Å². The molecule has 0 aliphatic rings. The third kappa shape index (κ3) is 3.72. The number of pyridine rings is 1. The number of nitrogens with zero attached hydrogens (tertiary/aromatic N) is 3. The highest BCUT2D eigenvalue weighted by Crippen LogP contribution is 2.34. The zero-order chi connectivity index (χ0) is 21.4. The summed E-state index contributed by atoms with van der Waals surface area (Å²) in [5.74, 6) is 0.573. The molecule has 0 aliphatic heterocycles. The number of rotatable bonds is 4. The molecule has 0 amide bonds. The molecule has 3 heteroatoms. The summed E-state index contributed by atoms with van der Waals surface area (Å²) in [5.41, 5.74) is 9.54. The molecule has 0 radical (unpaired) electrons. The highest BCUT2D eigenvalue weighted by molar-refractivity contribution is 6.01. The lowest BCUT2D eigenvalue weighted by molar-refractivity contribution is -0.658. The maximum atomic E-state index is 4.77. The van der Waals surface area contributed by atoms with Gasteiger partial charge in [0.05, 0.1) is 34.1 Å². The maximum absolute atomic E-state index is 4.77. The molecule has 152 valence electrons. The van der Waals surface area contributed by atoms with Crippen molar-refractivity contribution in [2.24, 2.45) is 13.0 Å². The minimum atomic E-state index is 0.573. The quantitative estimate of drug-likeness (QED) is 0.401. The molecule has 0 N–H and O–H groups in total. The summed E-state index contributed by atoms with van der Waals surface area (Å²) < 4.78 is 2.24. The second kappa shape index (κ2) is 7.98. The molecule has 0 atom stereocenters. The first-order chi connectivity index (χ1) is 14.3. The molecule has 3 nitrogen and oxygen atoms in total. The van der Waals surface area contributed by atoms with Crippen LogP contribution in [0, 0.1) is 26.7 Å². The van der Waals surface area contributed by atoms with Crippen LogP contribution in [0.4, 0.5) is 0 Å². The molecule has 0 spiro atoms. The molecule has 0 fully saturated rings. The van der Waals surface area contributed by atoms with Crippen molar-refractivity contribution in [3.8, 4) is 22.5 Å². The number of hydrogen-bond acceptors (Lipinski definition) is 2. The summed E-state index contributed by atoms with van der Waals surface area (Å²) in [5, 5.41) is 2.44. The van der Waals surface area contributed by atoms with Crippen molar-refractivity contribution in [1.29, 1.82) is 0 Å². The number of fused-ring (bicyclic) bond motifs is 1. The third-order valence-corrected chi connectivity index (χ3v) is 5.81. The molecule has 4 rings (SSSR count). The fourth-order valence-corrected chi connectivity index (χ4v) is 4.28. The second-order valence-corrected chi connectivity index (χ2v) is 8.79. The Morgan fingerprint density at radius 2 is 1.63 bits per heavy atom. The minimum absolute atomic E-state index is 0.573. The molecule has 2 heterocycles. The zero-order valence-corrected chi connectivity index (χ0v) is 18.8. The van der Waals surface area contributed by atoms with Crippen molar-refractivity contribution in [1.82, 2.24) is 9.97 Å². The average molecular weight is 397 g/mol. The van der Waals surface area contributed by atoms with E-state index in [0.29, 0.717) is 5.92 Å². The Hall–Kier alpha value is -3.07. The Balaban J connectivity index is 1.93. The van der Waals surface area contributed by atoms with Crippen molar-refractivity contribution in [3.05, 3.63) is 77.4 Å². The molecule has 0 aliphatic carbocycles. The molecule has 0 saturated heterocycles. The van der Waals surface area contributed by atoms with Crippen LogP contribution in [0.3, 0.4) is 0 Å². The summed E-state index contributed by atoms with van der Waals surface area (Å²) in [6.45, 7) is 11.0. The molecule has 2 aromatic heterocycles. The van der Waals surface area contributed by atoms with E-state index in [2.05, 4.69) is 93.8 Å². The van der Waals surface area contributed by atoms with Gasteiger partial charge < -0.3 is 0 Å². The van der Waals surface area contributed by atoms with Gasteiger partial charge in [0.1, 0.15) is 7.05 Å². The van der Waals surface area contributed by atoms with Crippen LogP contribution in [0.1, 0.15) is 36.2 Å². The zero-order valence-electron chi connectivity index (χ0n) is 18.8. The molecule has 0 unspecified atom stereocenters. The first-order valence-corrected chi connectivity index (χ1v) is 10.7. The average Bonchev–Trinajstić information content (AvgIpc) is 2.71. The van der Waals surface area contributed by atoms with E-state index in [9.17, 15) is 0 Å². The Bertz CT molecular complexity index is 1220. The lowest BCUT2D eigenvalue weighted by Crippen LogP contribution is -2.31. The summed E-state index contributed by atoms with van der Waals surface area (Å²) in [6.07, 6.45) is 6.99. The highest BCUT2D eigenvalue weighted by Gasteiger charge is 2.22. The van der Waals surface area contributed by atoms with E-state index >= 15 is 0 Å². The van der Waals surface area contributed by atoms with Gasteiger partial charge in [-0.3, -0.25) is 9.97 Å². The molecule has 4 aromatic rings. The van der Waals surface area contributed by atoms with Gasteiger partial charge in [0.15, 0.2) is 6.20 Å². The third-order valence-electron chi connectivity index (χ3n) is 5.81. The van der Waals surface area contributed by atoms with E-state index in [0.717, 1.165) is 23.4 Å². The molecule has 0 saturated carbocycles. The van der Waals surface area contributed by atoms with Crippen LogP contribution in [0.15, 0.2) is 55.0 Å². The van der Waals surface area contributed by atoms with Gasteiger partial charge in [0.25, 0.3) is 0 Å². The van der Waals surface area contributed by atoms with Crippen molar-refractivity contribution < 1.29 is 4.57 Å². The largest absolute Gasteiger partial charge is 0.257 e. The second-order valence-electron chi connectivity index (χ2n) is 8.79. The van der Waals surface area contributed by atoms with E-state index in [1.165, 1.54) is 38.7 Å². The Morgan fingerprint density at radius 1 is 0.900 bits per heavy atom. The summed E-state index contributed by atoms with van der Waals surface area (Å²) in [7, 11) is 2.13. The highest BCUT2D eigenvalue weighted by atomic mass is 14.9. The van der Waals surface area contributed by atoms with Crippen molar-refractivity contribution in [2.45, 2.75) is 41.0 Å². The topological polar surface area (TPSA) is 29.7 Å². The number of aryl methyl sites for hydroxylation is 3. The number of hydrogen-bond donors (Lipinski definition) is 0. The summed E-state index contributed by atoms with van der Waals surface area (Å²) in [6, 6.07) is 13.2. The van der Waals surface area contributed by atoms with E-state index in [4.69, 9.17) is 4.98 Å². The van der Waals surface area contributed by atoms with E-state index in [-0.39, 0.29) is 0 Å². The lowest BCUT2D eigenvalue weighted by atomic mass is 9.93. The van der Waals surface area contributed by atoms with Crippen molar-refractivity contribution in [2.75, 3.05) is 0 Å². The molecule has 30 heavy (non-hydrogen) atoms. The van der Waals surface area contributed by atoms with Crippen molar-refractivity contribution >= 4 is 10.8 Å². The van der Waals surface area contributed by atoms with Gasteiger partial charge >= 0.3 is 0 Å². The van der Waals surface area contributed by atoms with Gasteiger partial charge in [0, 0.05) is 11.6 Å². The number of aromatic nitrogens is 3. The van der Waals surface area contributed by atoms with Gasteiger partial charge in [-0.25, -0.2) is 0 Å². The van der Waals surface area contributed by atoms with Crippen LogP contribution in [0.2, 0.25) is 0 Å². The molecule has 0 bridgehead atoms. The Morgan fingerprint density at radius 3 is 2.30 bits per heavy atom. The van der Waals surface area contributed by atoms with E-state index in [1.54, 1.807) is 0 Å². The van der Waals surface area contributed by atoms with Gasteiger partial charge in [-0.15, -0.1) is 0 Å². The first-order valence-electron chi connectivity index (χ1n) is 10.7. The van der Waals surface area contributed by atoms with E-state index < -0.39 is 0 Å². The Kier molecular flexibility index (Phi) is 5.38. The van der Waals surface area contributed by atoms with Gasteiger partial charge in [-0.2, -0.15) is 4.57 Å². The van der Waals surface area contributed by atoms with Gasteiger partial charge in [-0.1, -0.05) is 43.7 Å². The fraction of sp³-hybridized carbons (Fsp3) is 0.296. The van der Waals surface area contributed by atoms with Crippen LogP contribution in [-0.4, -0.2) is 9.97 Å². The molecule has 2 aromatic carbocycles. The van der Waals surface area contributed by atoms with Crippen LogP contribution >= 0.6 is 0 Å². The molecular weight excluding hydrogens is 366 g/mol. The first kappa shape index (κ1) is 20.2. The van der Waals surface area contributed by atoms with Crippen LogP contribution in [0.25, 0.3) is 33.3 Å². The lowest BCUT2D eigenvalue weighted by Gasteiger charge is -2.13. The molecular formula is C27H30N3+. The van der Waals surface area contributed by atoms with Crippen LogP contribution in [0.5, 0.6) is 0 Å². The predicted molar refractivity (Wildman–Crippen MR) is 124 cm³/mol. The summed E-state index contributed by atoms with van der Waals surface area (Å²) in [4.78, 5) is 9.44. The Labute approximate surface area is 179 Å². The monoisotopic (exact) mass is 396 g/mol. The summed E-state index contributed by atoms with van der Waals surface area (Å²) >= 11 is 0. The standard InChI is InChI=1S/C27H30N3/c1-17(2)11-21-14-29-26(15-28-21)25-16-30(6)27(23-10-8-7-9-22(23)25)24-13-18(3)12-19(4)20(24)5/h7-10,12-17H,11H2,1-6H3/q+1. The smallest absolute Gasteiger partial charge is 0.220 e. The minimum Gasteiger partial charge on any atom is -0.257 e. The predicted octanol–water partition coefficient (Wildman–Crippen LogP) is 5.91. The SMILES string of the molecule is Cc1cc(C)c(C)c(-c2c3ccccc3c(-c3cnc(CC(C)C)cn3)c[n+]2C)c1. The van der Waals surface area contributed by atoms with Crippen LogP contribution < -0.4 is 4.57 Å².